The van der Waals surface area contributed by atoms with Crippen LogP contribution < -0.4 is 10.6 Å². The molecule has 2 amide bonds. The monoisotopic (exact) mass is 301 g/mol. The summed E-state index contributed by atoms with van der Waals surface area (Å²) in [5.41, 5.74) is 1.80. The molecule has 0 spiro atoms. The highest BCUT2D eigenvalue weighted by atomic mass is 16.2. The van der Waals surface area contributed by atoms with Crippen molar-refractivity contribution in [1.29, 1.82) is 0 Å². The molecule has 22 heavy (non-hydrogen) atoms. The van der Waals surface area contributed by atoms with Crippen molar-refractivity contribution in [1.82, 2.24) is 15.5 Å². The Morgan fingerprint density at radius 3 is 2.55 bits per heavy atom. The molecular formula is C17H23N3O2. The van der Waals surface area contributed by atoms with Crippen LogP contribution in [0.2, 0.25) is 0 Å². The second kappa shape index (κ2) is 6.48. The SMILES string of the molecule is CNC(=O)c1ccc(CN2CCCC2C(=O)NC2CC2)cc1. The molecule has 1 aromatic rings. The van der Waals surface area contributed by atoms with Crippen molar-refractivity contribution in [2.45, 2.75) is 44.3 Å². The zero-order valence-corrected chi connectivity index (χ0v) is 13.0. The Morgan fingerprint density at radius 2 is 1.91 bits per heavy atom. The van der Waals surface area contributed by atoms with E-state index in [1.807, 2.05) is 24.3 Å². The maximum absolute atomic E-state index is 12.3. The Labute approximate surface area is 131 Å². The summed E-state index contributed by atoms with van der Waals surface area (Å²) >= 11 is 0. The summed E-state index contributed by atoms with van der Waals surface area (Å²) in [6.45, 7) is 1.72. The van der Waals surface area contributed by atoms with Gasteiger partial charge >= 0.3 is 0 Å². The molecule has 0 bridgehead atoms. The molecule has 5 nitrogen and oxygen atoms in total. The third-order valence-electron chi connectivity index (χ3n) is 4.42. The molecule has 1 unspecified atom stereocenters. The minimum absolute atomic E-state index is 0.000725. The molecule has 0 aromatic heterocycles. The van der Waals surface area contributed by atoms with E-state index in [1.54, 1.807) is 7.05 Å². The maximum Gasteiger partial charge on any atom is 0.251 e. The van der Waals surface area contributed by atoms with E-state index in [2.05, 4.69) is 15.5 Å². The summed E-state index contributed by atoms with van der Waals surface area (Å²) in [5.74, 6) is 0.108. The Bertz CT molecular complexity index is 552. The fraction of sp³-hybridized carbons (Fsp3) is 0.529. The number of hydrogen-bond donors (Lipinski definition) is 2. The van der Waals surface area contributed by atoms with E-state index in [0.29, 0.717) is 11.6 Å². The van der Waals surface area contributed by atoms with Crippen molar-refractivity contribution in [3.8, 4) is 0 Å². The molecule has 1 aromatic carbocycles. The summed E-state index contributed by atoms with van der Waals surface area (Å²) in [5, 5.41) is 5.73. The lowest BCUT2D eigenvalue weighted by atomic mass is 10.1. The van der Waals surface area contributed by atoms with Gasteiger partial charge in [-0.1, -0.05) is 12.1 Å². The predicted octanol–water partition coefficient (Wildman–Crippen LogP) is 1.29. The minimum Gasteiger partial charge on any atom is -0.355 e. The number of hydrogen-bond acceptors (Lipinski definition) is 3. The molecule has 2 N–H and O–H groups in total. The van der Waals surface area contributed by atoms with Gasteiger partial charge in [0, 0.05) is 25.2 Å². The molecule has 1 saturated heterocycles. The molecule has 3 rings (SSSR count). The van der Waals surface area contributed by atoms with Gasteiger partial charge in [0.05, 0.1) is 6.04 Å². The topological polar surface area (TPSA) is 61.4 Å². The molecule has 0 radical (unpaired) electrons. The molecular weight excluding hydrogens is 278 g/mol. The number of benzene rings is 1. The average Bonchev–Trinajstić information content (AvgIpc) is 3.22. The van der Waals surface area contributed by atoms with Crippen LogP contribution in [0.5, 0.6) is 0 Å². The van der Waals surface area contributed by atoms with Crippen molar-refractivity contribution in [3.05, 3.63) is 35.4 Å². The van der Waals surface area contributed by atoms with Gasteiger partial charge in [-0.25, -0.2) is 0 Å². The zero-order valence-electron chi connectivity index (χ0n) is 13.0. The number of nitrogens with one attached hydrogen (secondary N) is 2. The molecule has 118 valence electrons. The van der Waals surface area contributed by atoms with Crippen LogP contribution in [0.4, 0.5) is 0 Å². The quantitative estimate of drug-likeness (QED) is 0.861. The zero-order chi connectivity index (χ0) is 15.5. The lowest BCUT2D eigenvalue weighted by Gasteiger charge is -2.23. The molecule has 1 saturated carbocycles. The fourth-order valence-corrected chi connectivity index (χ4v) is 2.98. The van der Waals surface area contributed by atoms with Gasteiger partial charge in [0.15, 0.2) is 0 Å². The van der Waals surface area contributed by atoms with Crippen molar-refractivity contribution in [2.24, 2.45) is 0 Å². The van der Waals surface area contributed by atoms with Crippen molar-refractivity contribution < 1.29 is 9.59 Å². The molecule has 1 heterocycles. The third kappa shape index (κ3) is 3.47. The van der Waals surface area contributed by atoms with Gasteiger partial charge in [-0.15, -0.1) is 0 Å². The lowest BCUT2D eigenvalue weighted by Crippen LogP contribution is -2.43. The lowest BCUT2D eigenvalue weighted by molar-refractivity contribution is -0.125. The normalized spacial score (nSPS) is 21.6. The number of nitrogens with zero attached hydrogens (tertiary/aromatic N) is 1. The largest absolute Gasteiger partial charge is 0.355 e. The first-order valence-electron chi connectivity index (χ1n) is 8.03. The van der Waals surface area contributed by atoms with Crippen LogP contribution in [0, 0.1) is 0 Å². The Balaban J connectivity index is 1.61. The van der Waals surface area contributed by atoms with Crippen LogP contribution in [0.25, 0.3) is 0 Å². The minimum atomic E-state index is -0.0746. The number of rotatable bonds is 5. The fourth-order valence-electron chi connectivity index (χ4n) is 2.98. The Hall–Kier alpha value is -1.88. The summed E-state index contributed by atoms with van der Waals surface area (Å²) in [4.78, 5) is 26.1. The van der Waals surface area contributed by atoms with Crippen molar-refractivity contribution >= 4 is 11.8 Å². The van der Waals surface area contributed by atoms with E-state index in [4.69, 9.17) is 0 Å². The van der Waals surface area contributed by atoms with Crippen LogP contribution in [0.3, 0.4) is 0 Å². The number of amides is 2. The first-order valence-corrected chi connectivity index (χ1v) is 8.03. The van der Waals surface area contributed by atoms with Gasteiger partial charge in [-0.2, -0.15) is 0 Å². The highest BCUT2D eigenvalue weighted by molar-refractivity contribution is 5.93. The van der Waals surface area contributed by atoms with Crippen LogP contribution >= 0.6 is 0 Å². The second-order valence-electron chi connectivity index (χ2n) is 6.19. The van der Waals surface area contributed by atoms with E-state index in [9.17, 15) is 9.59 Å². The molecule has 1 aliphatic carbocycles. The summed E-state index contributed by atoms with van der Waals surface area (Å²) in [6.07, 6.45) is 4.26. The second-order valence-corrected chi connectivity index (χ2v) is 6.19. The Morgan fingerprint density at radius 1 is 1.18 bits per heavy atom. The van der Waals surface area contributed by atoms with E-state index in [1.165, 1.54) is 0 Å². The van der Waals surface area contributed by atoms with Gasteiger partial charge < -0.3 is 10.6 Å². The summed E-state index contributed by atoms with van der Waals surface area (Å²) < 4.78 is 0. The van der Waals surface area contributed by atoms with Crippen molar-refractivity contribution in [2.75, 3.05) is 13.6 Å². The number of carbonyl (C=O) groups excluding carboxylic acids is 2. The van der Waals surface area contributed by atoms with Gasteiger partial charge in [-0.05, 0) is 49.9 Å². The highest BCUT2D eigenvalue weighted by Crippen LogP contribution is 2.23. The van der Waals surface area contributed by atoms with Crippen LogP contribution in [0.1, 0.15) is 41.6 Å². The van der Waals surface area contributed by atoms with E-state index in [0.717, 1.165) is 44.3 Å². The first kappa shape index (κ1) is 15.0. The smallest absolute Gasteiger partial charge is 0.251 e. The molecule has 1 aliphatic heterocycles. The molecule has 1 atom stereocenters. The number of likely N-dealkylation sites (tertiary alicyclic amines) is 1. The average molecular weight is 301 g/mol. The van der Waals surface area contributed by atoms with Crippen LogP contribution in [-0.2, 0) is 11.3 Å². The predicted molar refractivity (Wildman–Crippen MR) is 84.4 cm³/mol. The van der Waals surface area contributed by atoms with Gasteiger partial charge in [0.1, 0.15) is 0 Å². The first-order chi connectivity index (χ1) is 10.7. The number of carbonyl (C=O) groups is 2. The third-order valence-corrected chi connectivity index (χ3v) is 4.42. The Kier molecular flexibility index (Phi) is 4.43. The standard InChI is InChI=1S/C17H23N3O2/c1-18-16(21)13-6-4-12(5-7-13)11-20-10-2-3-15(20)17(22)19-14-8-9-14/h4-7,14-15H,2-3,8-11H2,1H3,(H,18,21)(H,19,22). The molecule has 5 heteroatoms. The summed E-state index contributed by atoms with van der Waals surface area (Å²) in [6, 6.07) is 8.03. The maximum atomic E-state index is 12.3. The van der Waals surface area contributed by atoms with Crippen molar-refractivity contribution in [3.63, 3.8) is 0 Å². The molecule has 2 fully saturated rings. The van der Waals surface area contributed by atoms with Crippen LogP contribution in [0.15, 0.2) is 24.3 Å². The van der Waals surface area contributed by atoms with Crippen LogP contribution in [-0.4, -0.2) is 42.4 Å². The van der Waals surface area contributed by atoms with E-state index >= 15 is 0 Å². The van der Waals surface area contributed by atoms with Gasteiger partial charge in [-0.3, -0.25) is 14.5 Å². The van der Waals surface area contributed by atoms with E-state index in [-0.39, 0.29) is 17.9 Å². The summed E-state index contributed by atoms with van der Waals surface area (Å²) in [7, 11) is 1.63. The van der Waals surface area contributed by atoms with E-state index < -0.39 is 0 Å². The van der Waals surface area contributed by atoms with Gasteiger partial charge in [0.2, 0.25) is 5.91 Å². The van der Waals surface area contributed by atoms with Gasteiger partial charge in [0.25, 0.3) is 5.91 Å². The molecule has 2 aliphatic rings. The highest BCUT2D eigenvalue weighted by Gasteiger charge is 2.33.